The minimum atomic E-state index is -0.544. The molecule has 0 fully saturated rings. The number of hydrogen-bond acceptors (Lipinski definition) is 3. The number of amides is 2. The quantitative estimate of drug-likeness (QED) is 0.737. The van der Waals surface area contributed by atoms with Crippen LogP contribution in [0.3, 0.4) is 0 Å². The van der Waals surface area contributed by atoms with Gasteiger partial charge in [0.15, 0.2) is 6.61 Å². The lowest BCUT2D eigenvalue weighted by molar-refractivity contribution is -0.142. The maximum atomic E-state index is 13.1. The van der Waals surface area contributed by atoms with E-state index >= 15 is 0 Å². The molecule has 0 aliphatic rings. The summed E-state index contributed by atoms with van der Waals surface area (Å²) < 4.78 is 5.89. The topological polar surface area (TPSA) is 58.6 Å². The van der Waals surface area contributed by atoms with Crippen molar-refractivity contribution in [2.24, 2.45) is 0 Å². The molecule has 0 spiro atoms. The fraction of sp³-hybridized carbons (Fsp3) is 0.417. The number of carbonyl (C=O) groups excluding carboxylic acids is 2. The van der Waals surface area contributed by atoms with Gasteiger partial charge in [-0.2, -0.15) is 0 Å². The van der Waals surface area contributed by atoms with Gasteiger partial charge in [-0.25, -0.2) is 0 Å². The zero-order valence-electron chi connectivity index (χ0n) is 18.3. The summed E-state index contributed by atoms with van der Waals surface area (Å²) in [6.45, 7) is 10.2. The third kappa shape index (κ3) is 5.83. The predicted octanol–water partition coefficient (Wildman–Crippen LogP) is 3.85. The van der Waals surface area contributed by atoms with Crippen molar-refractivity contribution < 1.29 is 14.3 Å². The number of carbonyl (C=O) groups is 2. The van der Waals surface area contributed by atoms with Gasteiger partial charge in [-0.1, -0.05) is 42.8 Å². The van der Waals surface area contributed by atoms with Crippen LogP contribution in [-0.2, 0) is 16.1 Å². The van der Waals surface area contributed by atoms with Crippen LogP contribution in [0.25, 0.3) is 0 Å². The first-order valence-corrected chi connectivity index (χ1v) is 10.0. The van der Waals surface area contributed by atoms with Crippen molar-refractivity contribution in [3.63, 3.8) is 0 Å². The van der Waals surface area contributed by atoms with E-state index in [1.807, 2.05) is 65.0 Å². The summed E-state index contributed by atoms with van der Waals surface area (Å²) >= 11 is 0. The first-order valence-electron chi connectivity index (χ1n) is 10.0. The van der Waals surface area contributed by atoms with Crippen LogP contribution in [0.2, 0.25) is 0 Å². The summed E-state index contributed by atoms with van der Waals surface area (Å²) in [7, 11) is 1.59. The molecule has 0 saturated heterocycles. The van der Waals surface area contributed by atoms with Crippen LogP contribution in [0.15, 0.2) is 36.4 Å². The summed E-state index contributed by atoms with van der Waals surface area (Å²) in [5.74, 6) is 0.330. The second-order valence-corrected chi connectivity index (χ2v) is 7.54. The second-order valence-electron chi connectivity index (χ2n) is 7.54. The highest BCUT2D eigenvalue weighted by molar-refractivity contribution is 5.88. The summed E-state index contributed by atoms with van der Waals surface area (Å²) in [5, 5.41) is 2.67. The van der Waals surface area contributed by atoms with E-state index in [1.165, 1.54) is 0 Å². The lowest BCUT2D eigenvalue weighted by Gasteiger charge is -2.30. The van der Waals surface area contributed by atoms with Crippen molar-refractivity contribution in [1.29, 1.82) is 0 Å². The van der Waals surface area contributed by atoms with Crippen LogP contribution in [0.1, 0.15) is 41.2 Å². The van der Waals surface area contributed by atoms with Crippen molar-refractivity contribution >= 4 is 11.8 Å². The third-order valence-electron chi connectivity index (χ3n) is 5.18. The van der Waals surface area contributed by atoms with Crippen LogP contribution in [0, 0.1) is 27.7 Å². The fourth-order valence-electron chi connectivity index (χ4n) is 3.47. The lowest BCUT2D eigenvalue weighted by atomic mass is 10.1. The molecule has 0 aromatic heterocycles. The molecule has 0 aliphatic heterocycles. The average molecular weight is 397 g/mol. The van der Waals surface area contributed by atoms with Crippen LogP contribution in [-0.4, -0.2) is 36.4 Å². The van der Waals surface area contributed by atoms with Gasteiger partial charge in [-0.15, -0.1) is 0 Å². The number of nitrogens with one attached hydrogen (secondary N) is 1. The largest absolute Gasteiger partial charge is 0.483 e. The number of aryl methyl sites for hydroxylation is 3. The molecule has 2 aromatic rings. The molecule has 2 aromatic carbocycles. The number of rotatable bonds is 8. The Kier molecular flexibility index (Phi) is 7.82. The molecule has 0 saturated carbocycles. The molecule has 1 atom stereocenters. The van der Waals surface area contributed by atoms with Gasteiger partial charge in [-0.3, -0.25) is 9.59 Å². The summed E-state index contributed by atoms with van der Waals surface area (Å²) in [4.78, 5) is 27.2. The molecule has 29 heavy (non-hydrogen) atoms. The molecule has 156 valence electrons. The van der Waals surface area contributed by atoms with E-state index in [4.69, 9.17) is 4.74 Å². The van der Waals surface area contributed by atoms with Crippen LogP contribution < -0.4 is 10.1 Å². The standard InChI is InChI=1S/C24H32N2O3/c1-7-21(24(28)25-6)26(14-20-10-8-9-16(2)12-20)23(27)15-29-22-13-17(3)11-18(4)19(22)5/h8-13,21H,7,14-15H2,1-6H3,(H,25,28). The van der Waals surface area contributed by atoms with E-state index in [0.29, 0.717) is 18.7 Å². The Morgan fingerprint density at radius 2 is 1.79 bits per heavy atom. The van der Waals surface area contributed by atoms with E-state index in [2.05, 4.69) is 11.4 Å². The number of benzene rings is 2. The van der Waals surface area contributed by atoms with Gasteiger partial charge in [0.2, 0.25) is 5.91 Å². The van der Waals surface area contributed by atoms with Crippen molar-refractivity contribution in [2.45, 2.75) is 53.6 Å². The molecular weight excluding hydrogens is 364 g/mol. The Morgan fingerprint density at radius 3 is 2.41 bits per heavy atom. The first kappa shape index (κ1) is 22.5. The summed E-state index contributed by atoms with van der Waals surface area (Å²) in [6, 6.07) is 11.5. The molecule has 2 amide bonds. The Bertz CT molecular complexity index is 876. The van der Waals surface area contributed by atoms with E-state index in [0.717, 1.165) is 27.8 Å². The van der Waals surface area contributed by atoms with E-state index in [9.17, 15) is 9.59 Å². The predicted molar refractivity (Wildman–Crippen MR) is 116 cm³/mol. The monoisotopic (exact) mass is 396 g/mol. The molecule has 5 nitrogen and oxygen atoms in total. The maximum absolute atomic E-state index is 13.1. The van der Waals surface area contributed by atoms with E-state index in [-0.39, 0.29) is 18.4 Å². The molecule has 5 heteroatoms. The summed E-state index contributed by atoms with van der Waals surface area (Å²) in [5.41, 5.74) is 5.34. The highest BCUT2D eigenvalue weighted by Gasteiger charge is 2.28. The van der Waals surface area contributed by atoms with Crippen molar-refractivity contribution in [3.8, 4) is 5.75 Å². The highest BCUT2D eigenvalue weighted by Crippen LogP contribution is 2.23. The maximum Gasteiger partial charge on any atom is 0.261 e. The van der Waals surface area contributed by atoms with Gasteiger partial charge in [0, 0.05) is 13.6 Å². The zero-order valence-corrected chi connectivity index (χ0v) is 18.3. The van der Waals surface area contributed by atoms with Gasteiger partial charge in [0.05, 0.1) is 0 Å². The molecule has 2 rings (SSSR count). The highest BCUT2D eigenvalue weighted by atomic mass is 16.5. The van der Waals surface area contributed by atoms with E-state index < -0.39 is 6.04 Å². The van der Waals surface area contributed by atoms with Gasteiger partial charge in [0.25, 0.3) is 5.91 Å². The Hall–Kier alpha value is -2.82. The molecule has 0 aliphatic carbocycles. The third-order valence-corrected chi connectivity index (χ3v) is 5.18. The normalized spacial score (nSPS) is 11.7. The second kappa shape index (κ2) is 10.1. The van der Waals surface area contributed by atoms with Crippen molar-refractivity contribution in [2.75, 3.05) is 13.7 Å². The number of nitrogens with zero attached hydrogens (tertiary/aromatic N) is 1. The average Bonchev–Trinajstić information content (AvgIpc) is 2.68. The van der Waals surface area contributed by atoms with Crippen LogP contribution in [0.5, 0.6) is 5.75 Å². The van der Waals surface area contributed by atoms with Gasteiger partial charge >= 0.3 is 0 Å². The molecule has 1 unspecified atom stereocenters. The van der Waals surface area contributed by atoms with Crippen molar-refractivity contribution in [3.05, 3.63) is 64.2 Å². The Labute approximate surface area is 174 Å². The molecule has 0 bridgehead atoms. The smallest absolute Gasteiger partial charge is 0.261 e. The molecule has 0 heterocycles. The molecule has 0 radical (unpaired) electrons. The van der Waals surface area contributed by atoms with Crippen molar-refractivity contribution in [1.82, 2.24) is 10.2 Å². The van der Waals surface area contributed by atoms with Gasteiger partial charge in [-0.05, 0) is 62.4 Å². The molecular formula is C24H32N2O3. The minimum Gasteiger partial charge on any atom is -0.483 e. The van der Waals surface area contributed by atoms with Gasteiger partial charge < -0.3 is 15.0 Å². The fourth-order valence-corrected chi connectivity index (χ4v) is 3.47. The number of hydrogen-bond donors (Lipinski definition) is 1. The van der Waals surface area contributed by atoms with Gasteiger partial charge in [0.1, 0.15) is 11.8 Å². The Morgan fingerprint density at radius 1 is 1.07 bits per heavy atom. The van der Waals surface area contributed by atoms with Crippen LogP contribution >= 0.6 is 0 Å². The lowest BCUT2D eigenvalue weighted by Crippen LogP contribution is -2.49. The number of likely N-dealkylation sites (N-methyl/N-ethyl adjacent to an activating group) is 1. The number of ether oxygens (including phenoxy) is 1. The minimum absolute atomic E-state index is 0.108. The van der Waals surface area contributed by atoms with E-state index in [1.54, 1.807) is 11.9 Å². The Balaban J connectivity index is 2.25. The zero-order chi connectivity index (χ0) is 21.6. The first-order chi connectivity index (χ1) is 13.8. The SMILES string of the molecule is CCC(C(=O)NC)N(Cc1cccc(C)c1)C(=O)COc1cc(C)cc(C)c1C. The van der Waals surface area contributed by atoms with Crippen LogP contribution in [0.4, 0.5) is 0 Å². The molecule has 1 N–H and O–H groups in total. The summed E-state index contributed by atoms with van der Waals surface area (Å²) in [6.07, 6.45) is 0.528.